The summed E-state index contributed by atoms with van der Waals surface area (Å²) in [5, 5.41) is 0.998. The summed E-state index contributed by atoms with van der Waals surface area (Å²) in [4.78, 5) is 19.4. The lowest BCUT2D eigenvalue weighted by atomic mass is 9.71. The molecule has 1 unspecified atom stereocenters. The van der Waals surface area contributed by atoms with Gasteiger partial charge in [0.1, 0.15) is 5.01 Å². The monoisotopic (exact) mass is 345 g/mol. The first kappa shape index (κ1) is 17.4. The van der Waals surface area contributed by atoms with E-state index >= 15 is 0 Å². The van der Waals surface area contributed by atoms with E-state index in [9.17, 15) is 4.79 Å². The van der Waals surface area contributed by atoms with Crippen molar-refractivity contribution < 1.29 is 4.79 Å². The van der Waals surface area contributed by atoms with Crippen LogP contribution in [0.15, 0.2) is 24.3 Å². The summed E-state index contributed by atoms with van der Waals surface area (Å²) >= 11 is 1.67. The molecule has 0 bridgehead atoms. The molecule has 24 heavy (non-hydrogen) atoms. The van der Waals surface area contributed by atoms with Gasteiger partial charge in [0.05, 0.1) is 16.3 Å². The quantitative estimate of drug-likeness (QED) is 0.887. The maximum atomic E-state index is 12.9. The van der Waals surface area contributed by atoms with Crippen LogP contribution in [0.1, 0.15) is 56.5 Å². The van der Waals surface area contributed by atoms with Gasteiger partial charge in [0.25, 0.3) is 0 Å². The van der Waals surface area contributed by atoms with Gasteiger partial charge in [-0.1, -0.05) is 31.4 Å². The molecule has 0 saturated heterocycles. The number of amides is 1. The number of carbonyl (C=O) groups excluding carboxylic acids is 1. The summed E-state index contributed by atoms with van der Waals surface area (Å²) < 4.78 is 1.17. The van der Waals surface area contributed by atoms with Gasteiger partial charge in [-0.3, -0.25) is 4.79 Å². The molecule has 130 valence electrons. The molecule has 1 aromatic heterocycles. The number of benzene rings is 1. The average molecular weight is 346 g/mol. The lowest BCUT2D eigenvalue weighted by molar-refractivity contribution is -0.134. The Bertz CT molecular complexity index is 672. The molecule has 1 heterocycles. The van der Waals surface area contributed by atoms with Crippen LogP contribution in [0.4, 0.5) is 0 Å². The van der Waals surface area contributed by atoms with E-state index in [1.165, 1.54) is 24.0 Å². The Hall–Kier alpha value is -1.46. The minimum Gasteiger partial charge on any atom is -0.337 e. The summed E-state index contributed by atoms with van der Waals surface area (Å²) in [6, 6.07) is 8.12. The maximum Gasteiger partial charge on any atom is 0.223 e. The van der Waals surface area contributed by atoms with Crippen LogP contribution in [0.5, 0.6) is 0 Å². The molecular formula is C19H27N3OS. The highest BCUT2D eigenvalue weighted by Gasteiger charge is 2.35. The van der Waals surface area contributed by atoms with Crippen molar-refractivity contribution in [1.29, 1.82) is 0 Å². The van der Waals surface area contributed by atoms with Crippen LogP contribution < -0.4 is 5.73 Å². The predicted octanol–water partition coefficient (Wildman–Crippen LogP) is 4.12. The molecule has 3 rings (SSSR count). The van der Waals surface area contributed by atoms with Gasteiger partial charge in [-0.2, -0.15) is 0 Å². The lowest BCUT2D eigenvalue weighted by Gasteiger charge is -2.37. The Morgan fingerprint density at radius 2 is 2.04 bits per heavy atom. The second kappa shape index (κ2) is 7.19. The first-order valence-electron chi connectivity index (χ1n) is 8.86. The summed E-state index contributed by atoms with van der Waals surface area (Å²) in [7, 11) is 1.89. The van der Waals surface area contributed by atoms with Gasteiger partial charge in [-0.25, -0.2) is 4.98 Å². The van der Waals surface area contributed by atoms with Crippen LogP contribution in [-0.2, 0) is 4.79 Å². The first-order valence-corrected chi connectivity index (χ1v) is 9.67. The Kier molecular flexibility index (Phi) is 5.21. The number of para-hydroxylation sites is 1. The predicted molar refractivity (Wildman–Crippen MR) is 100.0 cm³/mol. The molecule has 1 aromatic carbocycles. The van der Waals surface area contributed by atoms with E-state index in [1.807, 2.05) is 30.1 Å². The Labute approximate surface area is 148 Å². The number of fused-ring (bicyclic) bond motifs is 1. The molecular weight excluding hydrogens is 318 g/mol. The first-order chi connectivity index (χ1) is 11.5. The van der Waals surface area contributed by atoms with Gasteiger partial charge in [0, 0.05) is 13.5 Å². The summed E-state index contributed by atoms with van der Waals surface area (Å²) in [6.45, 7) is 2.67. The van der Waals surface area contributed by atoms with E-state index < -0.39 is 0 Å². The molecule has 1 aliphatic rings. The highest BCUT2D eigenvalue weighted by molar-refractivity contribution is 7.18. The third-order valence-corrected chi connectivity index (χ3v) is 6.72. The normalized spacial score (nSPS) is 18.5. The lowest BCUT2D eigenvalue weighted by Crippen LogP contribution is -2.40. The number of aromatic nitrogens is 1. The number of carbonyl (C=O) groups is 1. The zero-order valence-corrected chi connectivity index (χ0v) is 15.4. The van der Waals surface area contributed by atoms with Gasteiger partial charge in [0.15, 0.2) is 0 Å². The number of hydrogen-bond acceptors (Lipinski definition) is 4. The Morgan fingerprint density at radius 1 is 1.33 bits per heavy atom. The van der Waals surface area contributed by atoms with E-state index in [0.29, 0.717) is 13.0 Å². The zero-order chi connectivity index (χ0) is 17.2. The molecule has 4 nitrogen and oxygen atoms in total. The minimum atomic E-state index is -0.00619. The minimum absolute atomic E-state index is 0.00619. The fourth-order valence-electron chi connectivity index (χ4n) is 3.65. The largest absolute Gasteiger partial charge is 0.337 e. The van der Waals surface area contributed by atoms with Crippen molar-refractivity contribution >= 4 is 27.5 Å². The number of nitrogens with two attached hydrogens (primary N) is 1. The summed E-state index contributed by atoms with van der Waals surface area (Å²) in [5.41, 5.74) is 7.06. The third-order valence-electron chi connectivity index (χ3n) is 5.52. The van der Waals surface area contributed by atoms with Gasteiger partial charge >= 0.3 is 0 Å². The van der Waals surface area contributed by atoms with Crippen molar-refractivity contribution in [3.05, 3.63) is 29.3 Å². The molecule has 1 fully saturated rings. The standard InChI is InChI=1S/C19H27N3OS/c1-14(18-21-15-8-4-5-9-16(15)24-18)22(2)17(23)12-19(13-20)10-6-3-7-11-19/h4-5,8-9,14H,3,6-7,10-13,20H2,1-2H3. The van der Waals surface area contributed by atoms with Crippen molar-refractivity contribution in [2.75, 3.05) is 13.6 Å². The molecule has 1 amide bonds. The van der Waals surface area contributed by atoms with Crippen molar-refractivity contribution in [1.82, 2.24) is 9.88 Å². The number of hydrogen-bond donors (Lipinski definition) is 1. The van der Waals surface area contributed by atoms with Crippen LogP contribution >= 0.6 is 11.3 Å². The molecule has 1 aliphatic carbocycles. The van der Waals surface area contributed by atoms with Gasteiger partial charge in [-0.05, 0) is 43.9 Å². The third kappa shape index (κ3) is 3.47. The Morgan fingerprint density at radius 3 is 2.71 bits per heavy atom. The van der Waals surface area contributed by atoms with Gasteiger partial charge in [0.2, 0.25) is 5.91 Å². The van der Waals surface area contributed by atoms with Crippen molar-refractivity contribution in [2.45, 2.75) is 51.5 Å². The van der Waals surface area contributed by atoms with Gasteiger partial charge in [-0.15, -0.1) is 11.3 Å². The highest BCUT2D eigenvalue weighted by atomic mass is 32.1. The molecule has 1 saturated carbocycles. The maximum absolute atomic E-state index is 12.9. The summed E-state index contributed by atoms with van der Waals surface area (Å²) in [5.74, 6) is 0.189. The second-order valence-electron chi connectivity index (χ2n) is 7.14. The molecule has 1 atom stereocenters. The zero-order valence-electron chi connectivity index (χ0n) is 14.6. The fourth-order valence-corrected chi connectivity index (χ4v) is 4.71. The fraction of sp³-hybridized carbons (Fsp3) is 0.579. The molecule has 0 aliphatic heterocycles. The SMILES string of the molecule is CC(c1nc2ccccc2s1)N(C)C(=O)CC1(CN)CCCCC1. The van der Waals surface area contributed by atoms with E-state index in [2.05, 4.69) is 13.0 Å². The van der Waals surface area contributed by atoms with Crippen LogP contribution in [0.25, 0.3) is 10.2 Å². The number of nitrogens with zero attached hydrogens (tertiary/aromatic N) is 2. The van der Waals surface area contributed by atoms with E-state index in [4.69, 9.17) is 10.7 Å². The van der Waals surface area contributed by atoms with E-state index in [1.54, 1.807) is 11.3 Å². The van der Waals surface area contributed by atoms with E-state index in [-0.39, 0.29) is 17.4 Å². The Balaban J connectivity index is 1.72. The topological polar surface area (TPSA) is 59.2 Å². The highest BCUT2D eigenvalue weighted by Crippen LogP contribution is 2.39. The molecule has 0 spiro atoms. The second-order valence-corrected chi connectivity index (χ2v) is 8.20. The number of rotatable bonds is 5. The molecule has 0 radical (unpaired) electrons. The summed E-state index contributed by atoms with van der Waals surface area (Å²) in [6.07, 6.45) is 6.39. The van der Waals surface area contributed by atoms with Crippen LogP contribution in [0.3, 0.4) is 0 Å². The van der Waals surface area contributed by atoms with Crippen molar-refractivity contribution in [3.63, 3.8) is 0 Å². The smallest absolute Gasteiger partial charge is 0.223 e. The van der Waals surface area contributed by atoms with Crippen molar-refractivity contribution in [3.8, 4) is 0 Å². The molecule has 2 aromatic rings. The average Bonchev–Trinajstić information content (AvgIpc) is 3.05. The molecule has 5 heteroatoms. The van der Waals surface area contributed by atoms with Crippen LogP contribution in [0.2, 0.25) is 0 Å². The van der Waals surface area contributed by atoms with Crippen LogP contribution in [-0.4, -0.2) is 29.4 Å². The molecule has 2 N–H and O–H groups in total. The number of thiazole rings is 1. The van der Waals surface area contributed by atoms with Crippen LogP contribution in [0, 0.1) is 5.41 Å². The van der Waals surface area contributed by atoms with Gasteiger partial charge < -0.3 is 10.6 Å². The van der Waals surface area contributed by atoms with Crippen molar-refractivity contribution in [2.24, 2.45) is 11.1 Å². The van der Waals surface area contributed by atoms with E-state index in [0.717, 1.165) is 23.4 Å².